The van der Waals surface area contributed by atoms with Crippen LogP contribution in [0.1, 0.15) is 13.8 Å². The number of hydrogen-bond acceptors (Lipinski definition) is 3. The number of carbonyl (C=O) groups excluding carboxylic acids is 1. The number of amides is 1. The van der Waals surface area contributed by atoms with Gasteiger partial charge in [-0.3, -0.25) is 4.79 Å². The molecule has 1 aliphatic rings. The second-order valence-corrected chi connectivity index (χ2v) is 7.43. The smallest absolute Gasteiger partial charge is 0.239 e. The van der Waals surface area contributed by atoms with Crippen molar-refractivity contribution in [3.8, 4) is 5.75 Å². The lowest BCUT2D eigenvalue weighted by Gasteiger charge is -2.38. The number of ether oxygens (including phenoxy) is 1. The second-order valence-electron chi connectivity index (χ2n) is 5.45. The number of alkyl halides is 1. The van der Waals surface area contributed by atoms with Crippen LogP contribution in [0.25, 0.3) is 0 Å². The molecule has 4 nitrogen and oxygen atoms in total. The van der Waals surface area contributed by atoms with E-state index in [2.05, 4.69) is 33.0 Å². The average Bonchev–Trinajstić information content (AvgIpc) is 2.46. The van der Waals surface area contributed by atoms with Crippen LogP contribution in [0.3, 0.4) is 0 Å². The topological polar surface area (TPSA) is 32.8 Å². The Morgan fingerprint density at radius 1 is 1.15 bits per heavy atom. The maximum Gasteiger partial charge on any atom is 0.239 e. The Kier molecular flexibility index (Phi) is 4.58. The molecule has 1 saturated heterocycles. The molecular weight excluding hydrogens is 320 g/mol. The summed E-state index contributed by atoms with van der Waals surface area (Å²) in [6.45, 7) is 7.04. The van der Waals surface area contributed by atoms with Gasteiger partial charge in [-0.05, 0) is 38.1 Å². The Balaban J connectivity index is 1.95. The van der Waals surface area contributed by atoms with E-state index in [1.165, 1.54) is 5.69 Å². The van der Waals surface area contributed by atoms with Crippen LogP contribution < -0.4 is 9.64 Å². The highest BCUT2D eigenvalue weighted by molar-refractivity contribution is 9.10. The first kappa shape index (κ1) is 15.2. The van der Waals surface area contributed by atoms with Crippen molar-refractivity contribution in [2.75, 3.05) is 38.2 Å². The Hall–Kier alpha value is -1.23. The van der Waals surface area contributed by atoms with Gasteiger partial charge >= 0.3 is 0 Å². The molecule has 2 rings (SSSR count). The normalized spacial score (nSPS) is 16.2. The average molecular weight is 341 g/mol. The highest BCUT2D eigenvalue weighted by atomic mass is 79.9. The van der Waals surface area contributed by atoms with Crippen LogP contribution in [0.4, 0.5) is 5.69 Å². The molecule has 1 heterocycles. The lowest BCUT2D eigenvalue weighted by atomic mass is 10.1. The van der Waals surface area contributed by atoms with Crippen LogP contribution in [0.5, 0.6) is 5.75 Å². The maximum absolute atomic E-state index is 12.2. The van der Waals surface area contributed by atoms with Crippen molar-refractivity contribution < 1.29 is 9.53 Å². The molecule has 110 valence electrons. The van der Waals surface area contributed by atoms with Crippen molar-refractivity contribution >= 4 is 27.5 Å². The molecular formula is C15H21BrN2O2. The third kappa shape index (κ3) is 3.45. The minimum Gasteiger partial charge on any atom is -0.497 e. The molecule has 0 atom stereocenters. The van der Waals surface area contributed by atoms with Gasteiger partial charge in [0.1, 0.15) is 5.75 Å². The molecule has 0 spiro atoms. The van der Waals surface area contributed by atoms with E-state index < -0.39 is 4.32 Å². The van der Waals surface area contributed by atoms with Crippen LogP contribution in [-0.4, -0.2) is 48.4 Å². The van der Waals surface area contributed by atoms with E-state index in [1.807, 2.05) is 30.9 Å². The zero-order valence-electron chi connectivity index (χ0n) is 12.2. The maximum atomic E-state index is 12.2. The van der Waals surface area contributed by atoms with Crippen LogP contribution in [-0.2, 0) is 4.79 Å². The monoisotopic (exact) mass is 340 g/mol. The van der Waals surface area contributed by atoms with Crippen LogP contribution >= 0.6 is 15.9 Å². The first-order chi connectivity index (χ1) is 9.41. The molecule has 0 aliphatic carbocycles. The Morgan fingerprint density at radius 3 is 2.15 bits per heavy atom. The van der Waals surface area contributed by atoms with Gasteiger partial charge in [-0.2, -0.15) is 0 Å². The van der Waals surface area contributed by atoms with Gasteiger partial charge in [0.25, 0.3) is 0 Å². The van der Waals surface area contributed by atoms with E-state index in [-0.39, 0.29) is 5.91 Å². The molecule has 1 aromatic rings. The molecule has 0 N–H and O–H groups in total. The molecule has 1 aromatic carbocycles. The summed E-state index contributed by atoms with van der Waals surface area (Å²) in [4.78, 5) is 16.4. The number of piperazine rings is 1. The van der Waals surface area contributed by atoms with Crippen molar-refractivity contribution in [1.29, 1.82) is 0 Å². The SMILES string of the molecule is COc1ccc(N2CCN(C(=O)C(C)(C)Br)CC2)cc1. The molecule has 0 unspecified atom stereocenters. The predicted molar refractivity (Wildman–Crippen MR) is 84.8 cm³/mol. The van der Waals surface area contributed by atoms with Crippen molar-refractivity contribution in [3.05, 3.63) is 24.3 Å². The summed E-state index contributed by atoms with van der Waals surface area (Å²) in [5.41, 5.74) is 1.18. The van der Waals surface area contributed by atoms with Crippen molar-refractivity contribution in [1.82, 2.24) is 4.90 Å². The zero-order chi connectivity index (χ0) is 14.8. The lowest BCUT2D eigenvalue weighted by Crippen LogP contribution is -2.52. The molecule has 0 radical (unpaired) electrons. The van der Waals surface area contributed by atoms with Gasteiger partial charge in [0.05, 0.1) is 11.4 Å². The fourth-order valence-electron chi connectivity index (χ4n) is 2.34. The quantitative estimate of drug-likeness (QED) is 0.792. The van der Waals surface area contributed by atoms with Gasteiger partial charge in [-0.1, -0.05) is 15.9 Å². The number of hydrogen-bond donors (Lipinski definition) is 0. The molecule has 0 bridgehead atoms. The molecule has 0 saturated carbocycles. The van der Waals surface area contributed by atoms with Crippen LogP contribution in [0.2, 0.25) is 0 Å². The summed E-state index contributed by atoms with van der Waals surface area (Å²) >= 11 is 3.44. The van der Waals surface area contributed by atoms with E-state index in [1.54, 1.807) is 7.11 Å². The lowest BCUT2D eigenvalue weighted by molar-refractivity contribution is -0.133. The van der Waals surface area contributed by atoms with Gasteiger partial charge in [-0.15, -0.1) is 0 Å². The standard InChI is InChI=1S/C15H21BrN2O2/c1-15(2,16)14(19)18-10-8-17(9-11-18)12-4-6-13(20-3)7-5-12/h4-7H,8-11H2,1-3H3. The van der Waals surface area contributed by atoms with Crippen LogP contribution in [0, 0.1) is 0 Å². The molecule has 0 aromatic heterocycles. The molecule has 1 amide bonds. The van der Waals surface area contributed by atoms with Crippen molar-refractivity contribution in [2.24, 2.45) is 0 Å². The molecule has 1 aliphatic heterocycles. The van der Waals surface area contributed by atoms with E-state index in [9.17, 15) is 4.79 Å². The summed E-state index contributed by atoms with van der Waals surface area (Å²) in [6, 6.07) is 8.05. The Labute approximate surface area is 128 Å². The minimum absolute atomic E-state index is 0.159. The third-order valence-electron chi connectivity index (χ3n) is 3.51. The van der Waals surface area contributed by atoms with Crippen molar-refractivity contribution in [3.63, 3.8) is 0 Å². The zero-order valence-corrected chi connectivity index (χ0v) is 13.8. The van der Waals surface area contributed by atoms with E-state index in [4.69, 9.17) is 4.74 Å². The fourth-order valence-corrected chi connectivity index (χ4v) is 2.59. The highest BCUT2D eigenvalue weighted by Gasteiger charge is 2.31. The third-order valence-corrected chi connectivity index (χ3v) is 3.85. The minimum atomic E-state index is -0.477. The van der Waals surface area contributed by atoms with E-state index in [0.29, 0.717) is 0 Å². The number of halogens is 1. The van der Waals surface area contributed by atoms with E-state index >= 15 is 0 Å². The summed E-state index contributed by atoms with van der Waals surface area (Å²) < 4.78 is 4.69. The largest absolute Gasteiger partial charge is 0.497 e. The number of carbonyl (C=O) groups is 1. The number of rotatable bonds is 3. The molecule has 20 heavy (non-hydrogen) atoms. The van der Waals surface area contributed by atoms with Crippen molar-refractivity contribution in [2.45, 2.75) is 18.2 Å². The number of methoxy groups -OCH3 is 1. The highest BCUT2D eigenvalue weighted by Crippen LogP contribution is 2.23. The Morgan fingerprint density at radius 2 is 1.70 bits per heavy atom. The van der Waals surface area contributed by atoms with Gasteiger partial charge in [0.15, 0.2) is 0 Å². The first-order valence-corrected chi connectivity index (χ1v) is 7.58. The molecule has 1 fully saturated rings. The predicted octanol–water partition coefficient (Wildman–Crippen LogP) is 2.52. The number of anilines is 1. The second kappa shape index (κ2) is 6.04. The van der Waals surface area contributed by atoms with E-state index in [0.717, 1.165) is 31.9 Å². The van der Waals surface area contributed by atoms with Crippen LogP contribution in [0.15, 0.2) is 24.3 Å². The summed E-state index contributed by atoms with van der Waals surface area (Å²) in [5, 5.41) is 0. The van der Waals surface area contributed by atoms with Gasteiger partial charge in [0, 0.05) is 31.9 Å². The first-order valence-electron chi connectivity index (χ1n) is 6.79. The molecule has 5 heteroatoms. The summed E-state index contributed by atoms with van der Waals surface area (Å²) in [7, 11) is 1.67. The summed E-state index contributed by atoms with van der Waals surface area (Å²) in [5.74, 6) is 1.02. The van der Waals surface area contributed by atoms with Gasteiger partial charge < -0.3 is 14.5 Å². The van der Waals surface area contributed by atoms with Gasteiger partial charge in [-0.25, -0.2) is 0 Å². The fraction of sp³-hybridized carbons (Fsp3) is 0.533. The number of nitrogens with zero attached hydrogens (tertiary/aromatic N) is 2. The summed E-state index contributed by atoms with van der Waals surface area (Å²) in [6.07, 6.45) is 0. The Bertz CT molecular complexity index is 460. The number of benzene rings is 1. The van der Waals surface area contributed by atoms with Gasteiger partial charge in [0.2, 0.25) is 5.91 Å².